The van der Waals surface area contributed by atoms with E-state index >= 15 is 0 Å². The molecule has 2 aromatic rings. The van der Waals surface area contributed by atoms with E-state index in [4.69, 9.17) is 16.3 Å². The van der Waals surface area contributed by atoms with E-state index in [1.54, 1.807) is 29.2 Å². The maximum absolute atomic E-state index is 14.2. The first-order valence-electron chi connectivity index (χ1n) is 10.2. The highest BCUT2D eigenvalue weighted by Crippen LogP contribution is 2.41. The fourth-order valence-corrected chi connectivity index (χ4v) is 4.00. The van der Waals surface area contributed by atoms with E-state index in [2.05, 4.69) is 11.8 Å². The molecule has 1 saturated carbocycles. The first-order valence-corrected chi connectivity index (χ1v) is 10.6. The molecule has 1 aromatic carbocycles. The van der Waals surface area contributed by atoms with Crippen molar-refractivity contribution in [2.45, 2.75) is 32.5 Å². The first kappa shape index (κ1) is 21.8. The van der Waals surface area contributed by atoms with Crippen LogP contribution in [-0.4, -0.2) is 41.7 Å². The zero-order valence-corrected chi connectivity index (χ0v) is 17.8. The van der Waals surface area contributed by atoms with Gasteiger partial charge in [0.1, 0.15) is 11.4 Å². The second-order valence-corrected chi connectivity index (χ2v) is 8.22. The predicted octanol–water partition coefficient (Wildman–Crippen LogP) is 5.02. The van der Waals surface area contributed by atoms with Crippen LogP contribution in [0.15, 0.2) is 24.3 Å². The van der Waals surface area contributed by atoms with Crippen LogP contribution in [-0.2, 0) is 17.5 Å². The largest absolute Gasteiger partial charge is 0.431 e. The third kappa shape index (κ3) is 4.60. The van der Waals surface area contributed by atoms with Crippen molar-refractivity contribution in [2.75, 3.05) is 26.3 Å². The van der Waals surface area contributed by atoms with Crippen molar-refractivity contribution in [2.24, 2.45) is 5.92 Å². The number of hydrogen-bond donors (Lipinski definition) is 0. The number of ether oxygens (including phenoxy) is 1. The third-order valence-corrected chi connectivity index (χ3v) is 5.78. The Kier molecular flexibility index (Phi) is 6.05. The van der Waals surface area contributed by atoms with E-state index < -0.39 is 17.8 Å². The molecule has 2 fully saturated rings. The van der Waals surface area contributed by atoms with Gasteiger partial charge in [-0.05, 0) is 43.0 Å². The van der Waals surface area contributed by atoms with Crippen molar-refractivity contribution >= 4 is 17.5 Å². The number of halogens is 4. The number of morpholine rings is 1. The van der Waals surface area contributed by atoms with Crippen molar-refractivity contribution in [1.82, 2.24) is 9.47 Å². The van der Waals surface area contributed by atoms with E-state index in [9.17, 15) is 18.0 Å². The standard InChI is InChI=1S/C23H22ClF3N2O2/c1-15-19(17-6-8-18(24)9-7-17)20(22(30)28-11-13-31-14-12-28)29(21(15)23(25,26)27)10-2-3-16-4-5-16/h6-9,16H,4-5,10-14H2,1H3. The summed E-state index contributed by atoms with van der Waals surface area (Å²) in [5.41, 5.74) is -0.0235. The number of hydrogen-bond acceptors (Lipinski definition) is 2. The van der Waals surface area contributed by atoms with Crippen molar-refractivity contribution in [3.05, 3.63) is 46.2 Å². The molecule has 1 aliphatic heterocycles. The summed E-state index contributed by atoms with van der Waals surface area (Å²) in [6.45, 7) is 2.60. The van der Waals surface area contributed by atoms with Gasteiger partial charge in [0.25, 0.3) is 5.91 Å². The van der Waals surface area contributed by atoms with Gasteiger partial charge in [-0.2, -0.15) is 13.2 Å². The second-order valence-electron chi connectivity index (χ2n) is 7.79. The minimum absolute atomic E-state index is 0.0131. The van der Waals surface area contributed by atoms with Crippen LogP contribution >= 0.6 is 11.6 Å². The number of amides is 1. The van der Waals surface area contributed by atoms with Crippen LogP contribution in [0.5, 0.6) is 0 Å². The number of benzene rings is 1. The Morgan fingerprint density at radius 1 is 1.19 bits per heavy atom. The van der Waals surface area contributed by atoms with Crippen LogP contribution in [0.25, 0.3) is 11.1 Å². The highest BCUT2D eigenvalue weighted by molar-refractivity contribution is 6.30. The van der Waals surface area contributed by atoms with Crippen LogP contribution in [0, 0.1) is 24.7 Å². The molecule has 4 rings (SSSR count). The Labute approximate surface area is 183 Å². The number of aromatic nitrogens is 1. The van der Waals surface area contributed by atoms with Crippen molar-refractivity contribution in [1.29, 1.82) is 0 Å². The second kappa shape index (κ2) is 8.60. The molecule has 0 radical (unpaired) electrons. The number of carbonyl (C=O) groups is 1. The molecule has 4 nitrogen and oxygen atoms in total. The summed E-state index contributed by atoms with van der Waals surface area (Å²) in [5.74, 6) is 5.68. The molecule has 0 atom stereocenters. The molecule has 2 aliphatic rings. The first-order chi connectivity index (χ1) is 14.8. The molecule has 8 heteroatoms. The zero-order valence-electron chi connectivity index (χ0n) is 17.1. The fourth-order valence-electron chi connectivity index (χ4n) is 3.87. The third-order valence-electron chi connectivity index (χ3n) is 5.53. The lowest BCUT2D eigenvalue weighted by Crippen LogP contribution is -2.41. The molecule has 0 unspecified atom stereocenters. The average Bonchev–Trinajstić information content (AvgIpc) is 3.50. The quantitative estimate of drug-likeness (QED) is 0.615. The lowest BCUT2D eigenvalue weighted by molar-refractivity contribution is -0.143. The van der Waals surface area contributed by atoms with E-state index in [1.165, 1.54) is 6.92 Å². The van der Waals surface area contributed by atoms with Gasteiger partial charge in [-0.3, -0.25) is 4.79 Å². The molecular formula is C23H22ClF3N2O2. The normalized spacial score (nSPS) is 16.7. The van der Waals surface area contributed by atoms with Crippen LogP contribution in [0.4, 0.5) is 13.2 Å². The Morgan fingerprint density at radius 2 is 1.84 bits per heavy atom. The molecule has 0 bridgehead atoms. The van der Waals surface area contributed by atoms with Crippen molar-refractivity contribution < 1.29 is 22.7 Å². The fraction of sp³-hybridized carbons (Fsp3) is 0.435. The van der Waals surface area contributed by atoms with Crippen LogP contribution < -0.4 is 0 Å². The topological polar surface area (TPSA) is 34.5 Å². The van der Waals surface area contributed by atoms with E-state index in [0.29, 0.717) is 36.9 Å². The summed E-state index contributed by atoms with van der Waals surface area (Å²) in [4.78, 5) is 15.0. The minimum atomic E-state index is -4.63. The number of carbonyl (C=O) groups excluding carboxylic acids is 1. The number of rotatable bonds is 3. The van der Waals surface area contributed by atoms with Crippen molar-refractivity contribution in [3.63, 3.8) is 0 Å². The molecule has 1 saturated heterocycles. The van der Waals surface area contributed by atoms with Crippen LogP contribution in [0.3, 0.4) is 0 Å². The van der Waals surface area contributed by atoms with Gasteiger partial charge < -0.3 is 14.2 Å². The molecule has 2 heterocycles. The van der Waals surface area contributed by atoms with Gasteiger partial charge >= 0.3 is 6.18 Å². The maximum atomic E-state index is 14.2. The molecule has 31 heavy (non-hydrogen) atoms. The molecule has 1 aliphatic carbocycles. The zero-order chi connectivity index (χ0) is 22.2. The maximum Gasteiger partial charge on any atom is 0.431 e. The Hall–Kier alpha value is -2.43. The summed E-state index contributed by atoms with van der Waals surface area (Å²) < 4.78 is 48.8. The summed E-state index contributed by atoms with van der Waals surface area (Å²) >= 11 is 5.98. The minimum Gasteiger partial charge on any atom is -0.378 e. The predicted molar refractivity (Wildman–Crippen MR) is 112 cm³/mol. The van der Waals surface area contributed by atoms with Gasteiger partial charge in [-0.25, -0.2) is 0 Å². The van der Waals surface area contributed by atoms with Gasteiger partial charge in [0, 0.05) is 29.6 Å². The summed E-state index contributed by atoms with van der Waals surface area (Å²) in [6.07, 6.45) is -2.69. The molecule has 164 valence electrons. The molecule has 0 N–H and O–H groups in total. The Bertz CT molecular complexity index is 1040. The number of alkyl halides is 3. The van der Waals surface area contributed by atoms with E-state index in [0.717, 1.165) is 17.4 Å². The van der Waals surface area contributed by atoms with Gasteiger partial charge in [0.2, 0.25) is 0 Å². The summed E-state index contributed by atoms with van der Waals surface area (Å²) in [5, 5.41) is 0.466. The SMILES string of the molecule is Cc1c(-c2ccc(Cl)cc2)c(C(=O)N2CCOCC2)n(CC#CC2CC2)c1C(F)(F)F. The summed E-state index contributed by atoms with van der Waals surface area (Å²) in [7, 11) is 0. The van der Waals surface area contributed by atoms with Gasteiger partial charge in [-0.1, -0.05) is 35.6 Å². The Balaban J connectivity index is 1.91. The lowest BCUT2D eigenvalue weighted by Gasteiger charge is -2.28. The lowest BCUT2D eigenvalue weighted by atomic mass is 10.00. The highest BCUT2D eigenvalue weighted by atomic mass is 35.5. The molecule has 1 aromatic heterocycles. The van der Waals surface area contributed by atoms with Crippen LogP contribution in [0.2, 0.25) is 5.02 Å². The number of nitrogens with zero attached hydrogens (tertiary/aromatic N) is 2. The summed E-state index contributed by atoms with van der Waals surface area (Å²) in [6, 6.07) is 6.50. The molecule has 1 amide bonds. The highest BCUT2D eigenvalue weighted by Gasteiger charge is 2.41. The van der Waals surface area contributed by atoms with Gasteiger partial charge in [0.15, 0.2) is 0 Å². The average molecular weight is 451 g/mol. The van der Waals surface area contributed by atoms with Gasteiger partial charge in [-0.15, -0.1) is 0 Å². The smallest absolute Gasteiger partial charge is 0.378 e. The van der Waals surface area contributed by atoms with Gasteiger partial charge in [0.05, 0.1) is 19.8 Å². The monoisotopic (exact) mass is 450 g/mol. The van der Waals surface area contributed by atoms with Crippen molar-refractivity contribution in [3.8, 4) is 23.0 Å². The van der Waals surface area contributed by atoms with E-state index in [-0.39, 0.29) is 29.3 Å². The van der Waals surface area contributed by atoms with E-state index in [1.807, 2.05) is 0 Å². The molecule has 0 spiro atoms. The Morgan fingerprint density at radius 3 is 2.42 bits per heavy atom. The molecular weight excluding hydrogens is 429 g/mol. The van der Waals surface area contributed by atoms with Crippen LogP contribution in [0.1, 0.15) is 34.6 Å².